The Bertz CT molecular complexity index is 680. The predicted octanol–water partition coefficient (Wildman–Crippen LogP) is 0.443. The van der Waals surface area contributed by atoms with Gasteiger partial charge in [0.25, 0.3) is 0 Å². The second-order valence-electron chi connectivity index (χ2n) is 6.26. The van der Waals surface area contributed by atoms with E-state index in [2.05, 4.69) is 15.5 Å². The average Bonchev–Trinajstić information content (AvgIpc) is 2.54. The molecule has 0 spiro atoms. The molecule has 140 valence electrons. The lowest BCUT2D eigenvalue weighted by molar-refractivity contribution is 0.0917. The lowest BCUT2D eigenvalue weighted by Crippen LogP contribution is -2.46. The van der Waals surface area contributed by atoms with E-state index >= 15 is 0 Å². The maximum absolute atomic E-state index is 12.0. The smallest absolute Gasteiger partial charge is 0.319 e. The van der Waals surface area contributed by atoms with Crippen molar-refractivity contribution < 1.29 is 18.3 Å². The summed E-state index contributed by atoms with van der Waals surface area (Å²) < 4.78 is 22.3. The highest BCUT2D eigenvalue weighted by molar-refractivity contribution is 7.88. The van der Waals surface area contributed by atoms with Gasteiger partial charge in [-0.1, -0.05) is 18.6 Å². The van der Waals surface area contributed by atoms with Crippen LogP contribution in [0.2, 0.25) is 0 Å². The molecule has 2 rings (SSSR count). The Morgan fingerprint density at radius 3 is 2.88 bits per heavy atom. The minimum absolute atomic E-state index is 0.142. The van der Waals surface area contributed by atoms with E-state index in [1.54, 1.807) is 24.3 Å². The second-order valence-corrected chi connectivity index (χ2v) is 7.87. The molecule has 1 heterocycles. The molecule has 1 fully saturated rings. The number of sulfonamides is 1. The van der Waals surface area contributed by atoms with Gasteiger partial charge in [0.2, 0.25) is 10.0 Å². The summed E-state index contributed by atoms with van der Waals surface area (Å²) in [6.45, 7) is 2.23. The molecule has 0 aromatic heterocycles. The quantitative estimate of drug-likeness (QED) is 0.554. The fourth-order valence-corrected chi connectivity index (χ4v) is 3.66. The molecule has 1 aliphatic rings. The molecule has 8 nitrogen and oxygen atoms in total. The average molecular weight is 370 g/mol. The van der Waals surface area contributed by atoms with Crippen LogP contribution in [0.1, 0.15) is 24.8 Å². The van der Waals surface area contributed by atoms with Gasteiger partial charge in [0.15, 0.2) is 0 Å². The molecule has 1 atom stereocenters. The number of likely N-dealkylation sites (tertiary alicyclic amines) is 1. The summed E-state index contributed by atoms with van der Waals surface area (Å²) in [6.07, 6.45) is 3.23. The Hall–Kier alpha value is -1.68. The van der Waals surface area contributed by atoms with Crippen molar-refractivity contribution in [1.82, 2.24) is 10.2 Å². The lowest BCUT2D eigenvalue weighted by atomic mass is 10.0. The zero-order valence-electron chi connectivity index (χ0n) is 14.1. The van der Waals surface area contributed by atoms with E-state index in [0.29, 0.717) is 24.3 Å². The number of benzene rings is 1. The van der Waals surface area contributed by atoms with E-state index in [-0.39, 0.29) is 24.4 Å². The molecule has 0 radical (unpaired) electrons. The van der Waals surface area contributed by atoms with E-state index < -0.39 is 10.0 Å². The van der Waals surface area contributed by atoms with Crippen LogP contribution in [-0.2, 0) is 15.8 Å². The van der Waals surface area contributed by atoms with Crippen molar-refractivity contribution >= 4 is 21.7 Å². The van der Waals surface area contributed by atoms with Crippen molar-refractivity contribution in [1.29, 1.82) is 0 Å². The lowest BCUT2D eigenvalue weighted by Gasteiger charge is -2.34. The van der Waals surface area contributed by atoms with Crippen LogP contribution in [0.4, 0.5) is 10.5 Å². The van der Waals surface area contributed by atoms with E-state index in [9.17, 15) is 18.3 Å². The monoisotopic (exact) mass is 370 g/mol. The fraction of sp³-hybridized carbons (Fsp3) is 0.562. The Morgan fingerprint density at radius 1 is 1.36 bits per heavy atom. The van der Waals surface area contributed by atoms with Crippen LogP contribution in [0.25, 0.3) is 0 Å². The number of hydrogen-bond donors (Lipinski definition) is 4. The zero-order chi connectivity index (χ0) is 18.3. The molecule has 1 saturated heterocycles. The molecule has 5 N–H and O–H groups in total. The van der Waals surface area contributed by atoms with Crippen LogP contribution in [0.3, 0.4) is 0 Å². The number of amides is 2. The molecule has 1 aromatic rings. The Kier molecular flexibility index (Phi) is 7.18. The molecule has 9 heteroatoms. The topological polar surface area (TPSA) is 125 Å². The molecule has 1 aliphatic heterocycles. The van der Waals surface area contributed by atoms with Gasteiger partial charge in [-0.2, -0.15) is 0 Å². The summed E-state index contributed by atoms with van der Waals surface area (Å²) >= 11 is 0. The van der Waals surface area contributed by atoms with Crippen molar-refractivity contribution in [3.8, 4) is 0 Å². The first-order valence-electron chi connectivity index (χ1n) is 8.36. The summed E-state index contributed by atoms with van der Waals surface area (Å²) in [5, 5.41) is 19.9. The summed E-state index contributed by atoms with van der Waals surface area (Å²) in [6, 6.07) is 6.38. The van der Waals surface area contributed by atoms with Crippen LogP contribution in [0.15, 0.2) is 24.3 Å². The second kappa shape index (κ2) is 9.14. The standard InChI is InChI=1S/C16H26N4O4S/c17-25(23,24)12-13-4-3-5-14(10-13)19-16(22)18-7-9-20-8-2-1-6-15(20)11-21/h3-5,10,15,21H,1-2,6-9,11-12H2,(H2,17,23,24)(H2,18,19,22)/t15-/m0/s1. The number of rotatable bonds is 7. The maximum atomic E-state index is 12.0. The molecule has 0 bridgehead atoms. The summed E-state index contributed by atoms with van der Waals surface area (Å²) in [5.41, 5.74) is 1.02. The van der Waals surface area contributed by atoms with Gasteiger partial charge in [-0.05, 0) is 37.1 Å². The number of primary sulfonamides is 1. The van der Waals surface area contributed by atoms with Crippen LogP contribution in [0, 0.1) is 0 Å². The molecule has 0 aliphatic carbocycles. The van der Waals surface area contributed by atoms with Crippen LogP contribution >= 0.6 is 0 Å². The number of anilines is 1. The summed E-state index contributed by atoms with van der Waals surface area (Å²) in [5.74, 6) is -0.276. The van der Waals surface area contributed by atoms with Gasteiger partial charge in [-0.3, -0.25) is 4.90 Å². The molecule has 0 saturated carbocycles. The highest BCUT2D eigenvalue weighted by Crippen LogP contribution is 2.15. The van der Waals surface area contributed by atoms with E-state index in [0.717, 1.165) is 25.8 Å². The van der Waals surface area contributed by atoms with Crippen molar-refractivity contribution in [2.24, 2.45) is 5.14 Å². The summed E-state index contributed by atoms with van der Waals surface area (Å²) in [7, 11) is -3.61. The summed E-state index contributed by atoms with van der Waals surface area (Å²) in [4.78, 5) is 14.2. The third kappa shape index (κ3) is 6.99. The number of nitrogens with two attached hydrogens (primary N) is 1. The van der Waals surface area contributed by atoms with Crippen LogP contribution in [-0.4, -0.2) is 56.7 Å². The SMILES string of the molecule is NS(=O)(=O)Cc1cccc(NC(=O)NCCN2CCCC[C@H]2CO)c1. The normalized spacial score (nSPS) is 18.7. The third-order valence-electron chi connectivity index (χ3n) is 4.20. The number of nitrogens with one attached hydrogen (secondary N) is 2. The minimum atomic E-state index is -3.61. The first kappa shape index (κ1) is 19.6. The van der Waals surface area contributed by atoms with Gasteiger partial charge in [0.1, 0.15) is 0 Å². The largest absolute Gasteiger partial charge is 0.395 e. The first-order chi connectivity index (χ1) is 11.9. The first-order valence-corrected chi connectivity index (χ1v) is 10.1. The molecule has 0 unspecified atom stereocenters. The van der Waals surface area contributed by atoms with Crippen LogP contribution in [0.5, 0.6) is 0 Å². The number of aliphatic hydroxyl groups is 1. The zero-order valence-corrected chi connectivity index (χ0v) is 15.0. The van der Waals surface area contributed by atoms with Crippen molar-refractivity contribution in [2.45, 2.75) is 31.1 Å². The molecule has 2 amide bonds. The molecule has 25 heavy (non-hydrogen) atoms. The number of carbonyl (C=O) groups excluding carboxylic acids is 1. The highest BCUT2D eigenvalue weighted by Gasteiger charge is 2.21. The molecular weight excluding hydrogens is 344 g/mol. The van der Waals surface area contributed by atoms with Gasteiger partial charge in [0.05, 0.1) is 12.4 Å². The fourth-order valence-electron chi connectivity index (χ4n) is 3.02. The van der Waals surface area contributed by atoms with Crippen LogP contribution < -0.4 is 15.8 Å². The third-order valence-corrected chi connectivity index (χ3v) is 4.93. The van der Waals surface area contributed by atoms with Gasteiger partial charge >= 0.3 is 6.03 Å². The Morgan fingerprint density at radius 2 is 2.16 bits per heavy atom. The molecular formula is C16H26N4O4S. The maximum Gasteiger partial charge on any atom is 0.319 e. The van der Waals surface area contributed by atoms with Crippen molar-refractivity contribution in [3.05, 3.63) is 29.8 Å². The number of hydrogen-bond acceptors (Lipinski definition) is 5. The van der Waals surface area contributed by atoms with Gasteiger partial charge in [-0.25, -0.2) is 18.4 Å². The number of urea groups is 1. The van der Waals surface area contributed by atoms with Gasteiger partial charge in [-0.15, -0.1) is 0 Å². The number of aliphatic hydroxyl groups excluding tert-OH is 1. The minimum Gasteiger partial charge on any atom is -0.395 e. The highest BCUT2D eigenvalue weighted by atomic mass is 32.2. The number of carbonyl (C=O) groups is 1. The number of nitrogens with zero attached hydrogens (tertiary/aromatic N) is 1. The Balaban J connectivity index is 1.79. The van der Waals surface area contributed by atoms with Gasteiger partial charge < -0.3 is 15.7 Å². The van der Waals surface area contributed by atoms with Crippen molar-refractivity contribution in [3.63, 3.8) is 0 Å². The number of piperidine rings is 1. The molecule has 1 aromatic carbocycles. The van der Waals surface area contributed by atoms with E-state index in [4.69, 9.17) is 5.14 Å². The van der Waals surface area contributed by atoms with E-state index in [1.807, 2.05) is 0 Å². The van der Waals surface area contributed by atoms with Crippen molar-refractivity contribution in [2.75, 3.05) is 31.6 Å². The van der Waals surface area contributed by atoms with E-state index in [1.165, 1.54) is 0 Å². The predicted molar refractivity (Wildman–Crippen MR) is 96.6 cm³/mol. The van der Waals surface area contributed by atoms with Gasteiger partial charge in [0, 0.05) is 24.8 Å². The Labute approximate surface area is 148 Å².